The van der Waals surface area contributed by atoms with Gasteiger partial charge in [-0.05, 0) is 25.0 Å². The Kier molecular flexibility index (Phi) is 2.33. The molecule has 3 rings (SSSR count). The van der Waals surface area contributed by atoms with Crippen LogP contribution in [0.4, 0.5) is 0 Å². The second kappa shape index (κ2) is 3.74. The minimum absolute atomic E-state index is 0.0932. The predicted octanol–water partition coefficient (Wildman–Crippen LogP) is 1.84. The van der Waals surface area contributed by atoms with Crippen LogP contribution in [0.3, 0.4) is 0 Å². The molecule has 0 unspecified atom stereocenters. The maximum atomic E-state index is 12.1. The van der Waals surface area contributed by atoms with Crippen LogP contribution in [-0.4, -0.2) is 26.9 Å². The van der Waals surface area contributed by atoms with E-state index in [9.17, 15) is 4.79 Å². The number of rotatable bonds is 3. The number of nitrogens with zero attached hydrogens (tertiary/aromatic N) is 2. The van der Waals surface area contributed by atoms with Gasteiger partial charge in [0.15, 0.2) is 0 Å². The fourth-order valence-corrected chi connectivity index (χ4v) is 2.19. The molecule has 0 aromatic carbocycles. The summed E-state index contributed by atoms with van der Waals surface area (Å²) in [5.41, 5.74) is 1.24. The number of aromatic nitrogens is 2. The fraction of sp³-hybridized carbons (Fsp3) is 0.333. The maximum absolute atomic E-state index is 12.1. The Morgan fingerprint density at radius 1 is 1.53 bits per heavy atom. The smallest absolute Gasteiger partial charge is 0.255 e. The van der Waals surface area contributed by atoms with Gasteiger partial charge in [0.05, 0.1) is 22.8 Å². The molecule has 88 valence electrons. The lowest BCUT2D eigenvalue weighted by Crippen LogP contribution is -2.38. The summed E-state index contributed by atoms with van der Waals surface area (Å²) in [4.78, 5) is 12.1. The molecule has 5 heteroatoms. The molecular formula is C12H12ClN3O. The number of nitrogens with one attached hydrogen (secondary N) is 1. The van der Waals surface area contributed by atoms with Gasteiger partial charge in [-0.25, -0.2) is 4.52 Å². The summed E-state index contributed by atoms with van der Waals surface area (Å²) in [6.07, 6.45) is 5.33. The second-order valence-corrected chi connectivity index (χ2v) is 4.72. The van der Waals surface area contributed by atoms with Crippen LogP contribution in [0, 0.1) is 0 Å². The van der Waals surface area contributed by atoms with E-state index in [1.54, 1.807) is 10.7 Å². The molecule has 1 aliphatic rings. The molecule has 0 atom stereocenters. The highest BCUT2D eigenvalue weighted by Gasteiger charge is 2.43. The molecule has 0 saturated heterocycles. The molecule has 1 fully saturated rings. The minimum Gasteiger partial charge on any atom is -0.345 e. The van der Waals surface area contributed by atoms with Gasteiger partial charge in [0.25, 0.3) is 5.91 Å². The summed E-state index contributed by atoms with van der Waals surface area (Å²) < 4.78 is 1.69. The van der Waals surface area contributed by atoms with Gasteiger partial charge in [-0.15, -0.1) is 11.6 Å². The Balaban J connectivity index is 1.91. The van der Waals surface area contributed by atoms with Gasteiger partial charge in [-0.2, -0.15) is 5.10 Å². The number of hydrogen-bond donors (Lipinski definition) is 1. The lowest BCUT2D eigenvalue weighted by Gasteiger charge is -2.12. The predicted molar refractivity (Wildman–Crippen MR) is 65.3 cm³/mol. The number of fused-ring (bicyclic) bond motifs is 1. The standard InChI is InChI=1S/C12H12ClN3O/c13-8-12(4-5-12)15-11(17)9-7-14-16-6-2-1-3-10(9)16/h1-3,6-7H,4-5,8H2,(H,15,17). The summed E-state index contributed by atoms with van der Waals surface area (Å²) >= 11 is 5.84. The van der Waals surface area contributed by atoms with Crippen LogP contribution in [0.25, 0.3) is 5.52 Å². The Morgan fingerprint density at radius 2 is 2.35 bits per heavy atom. The van der Waals surface area contributed by atoms with Crippen LogP contribution in [0.2, 0.25) is 0 Å². The number of pyridine rings is 1. The highest BCUT2D eigenvalue weighted by atomic mass is 35.5. The van der Waals surface area contributed by atoms with Crippen LogP contribution in [0.5, 0.6) is 0 Å². The van der Waals surface area contributed by atoms with Crippen molar-refractivity contribution >= 4 is 23.0 Å². The summed E-state index contributed by atoms with van der Waals surface area (Å²) in [7, 11) is 0. The first-order valence-corrected chi connectivity index (χ1v) is 6.08. The zero-order chi connectivity index (χ0) is 11.9. The van der Waals surface area contributed by atoms with Gasteiger partial charge >= 0.3 is 0 Å². The summed E-state index contributed by atoms with van der Waals surface area (Å²) in [6, 6.07) is 5.65. The first-order valence-electron chi connectivity index (χ1n) is 5.55. The van der Waals surface area contributed by atoms with Crippen molar-refractivity contribution in [2.45, 2.75) is 18.4 Å². The fourth-order valence-electron chi connectivity index (χ4n) is 1.86. The first-order chi connectivity index (χ1) is 8.24. The van der Waals surface area contributed by atoms with E-state index in [0.717, 1.165) is 18.4 Å². The maximum Gasteiger partial charge on any atom is 0.255 e. The largest absolute Gasteiger partial charge is 0.345 e. The molecular weight excluding hydrogens is 238 g/mol. The third kappa shape index (κ3) is 1.78. The average Bonchev–Trinajstić information content (AvgIpc) is 2.99. The van der Waals surface area contributed by atoms with Gasteiger partial charge in [-0.1, -0.05) is 6.07 Å². The molecule has 2 aromatic heterocycles. The van der Waals surface area contributed by atoms with Gasteiger partial charge in [-0.3, -0.25) is 4.79 Å². The van der Waals surface area contributed by atoms with Crippen LogP contribution in [0.15, 0.2) is 30.6 Å². The number of hydrogen-bond acceptors (Lipinski definition) is 2. The number of carbonyl (C=O) groups excluding carboxylic acids is 1. The van der Waals surface area contributed by atoms with E-state index in [-0.39, 0.29) is 11.4 Å². The zero-order valence-corrected chi connectivity index (χ0v) is 9.94. The molecule has 0 aliphatic heterocycles. The van der Waals surface area contributed by atoms with E-state index >= 15 is 0 Å². The second-order valence-electron chi connectivity index (χ2n) is 4.46. The minimum atomic E-state index is -0.179. The molecule has 1 N–H and O–H groups in total. The van der Waals surface area contributed by atoms with Crippen molar-refractivity contribution < 1.29 is 4.79 Å². The molecule has 17 heavy (non-hydrogen) atoms. The third-order valence-electron chi connectivity index (χ3n) is 3.16. The van der Waals surface area contributed by atoms with Gasteiger partial charge in [0.2, 0.25) is 0 Å². The molecule has 0 spiro atoms. The third-order valence-corrected chi connectivity index (χ3v) is 3.67. The molecule has 4 nitrogen and oxygen atoms in total. The average molecular weight is 250 g/mol. The quantitative estimate of drug-likeness (QED) is 0.844. The number of amides is 1. The Morgan fingerprint density at radius 3 is 3.06 bits per heavy atom. The van der Waals surface area contributed by atoms with Crippen molar-refractivity contribution in [3.63, 3.8) is 0 Å². The van der Waals surface area contributed by atoms with E-state index in [2.05, 4.69) is 10.4 Å². The Hall–Kier alpha value is -1.55. The molecule has 2 heterocycles. The number of halogens is 1. The van der Waals surface area contributed by atoms with Crippen molar-refractivity contribution in [1.29, 1.82) is 0 Å². The van der Waals surface area contributed by atoms with Crippen molar-refractivity contribution in [2.75, 3.05) is 5.88 Å². The van der Waals surface area contributed by atoms with Crippen LogP contribution in [-0.2, 0) is 0 Å². The summed E-state index contributed by atoms with van der Waals surface area (Å²) in [6.45, 7) is 0. The first kappa shape index (κ1) is 10.6. The van der Waals surface area contributed by atoms with E-state index < -0.39 is 0 Å². The van der Waals surface area contributed by atoms with Crippen molar-refractivity contribution in [2.24, 2.45) is 0 Å². The van der Waals surface area contributed by atoms with E-state index in [0.29, 0.717) is 11.4 Å². The summed E-state index contributed by atoms with van der Waals surface area (Å²) in [5.74, 6) is 0.377. The van der Waals surface area contributed by atoms with E-state index in [4.69, 9.17) is 11.6 Å². The zero-order valence-electron chi connectivity index (χ0n) is 9.19. The molecule has 0 radical (unpaired) electrons. The van der Waals surface area contributed by atoms with Crippen molar-refractivity contribution in [3.8, 4) is 0 Å². The highest BCUT2D eigenvalue weighted by Crippen LogP contribution is 2.36. The number of alkyl halides is 1. The van der Waals surface area contributed by atoms with E-state index in [1.165, 1.54) is 0 Å². The molecule has 1 saturated carbocycles. The van der Waals surface area contributed by atoms with Crippen molar-refractivity contribution in [3.05, 3.63) is 36.2 Å². The van der Waals surface area contributed by atoms with E-state index in [1.807, 2.05) is 24.4 Å². The SMILES string of the molecule is O=C(NC1(CCl)CC1)c1cnn2ccccc12. The monoisotopic (exact) mass is 249 g/mol. The highest BCUT2D eigenvalue weighted by molar-refractivity contribution is 6.19. The van der Waals surface area contributed by atoms with Gasteiger partial charge < -0.3 is 5.32 Å². The molecule has 0 bridgehead atoms. The van der Waals surface area contributed by atoms with Crippen LogP contribution >= 0.6 is 11.6 Å². The lowest BCUT2D eigenvalue weighted by molar-refractivity contribution is 0.0937. The topological polar surface area (TPSA) is 46.4 Å². The van der Waals surface area contributed by atoms with Crippen LogP contribution in [0.1, 0.15) is 23.2 Å². The lowest BCUT2D eigenvalue weighted by atomic mass is 10.2. The van der Waals surface area contributed by atoms with Crippen LogP contribution < -0.4 is 5.32 Å². The van der Waals surface area contributed by atoms with Gasteiger partial charge in [0, 0.05) is 12.1 Å². The Labute approximate surface area is 104 Å². The normalized spacial score (nSPS) is 17.0. The molecule has 1 amide bonds. The van der Waals surface area contributed by atoms with Gasteiger partial charge in [0.1, 0.15) is 0 Å². The molecule has 2 aromatic rings. The number of carbonyl (C=O) groups is 1. The summed E-state index contributed by atoms with van der Waals surface area (Å²) in [5, 5.41) is 7.13. The van der Waals surface area contributed by atoms with Crippen molar-refractivity contribution in [1.82, 2.24) is 14.9 Å². The molecule has 1 aliphatic carbocycles. The Bertz CT molecular complexity index is 574.